The summed E-state index contributed by atoms with van der Waals surface area (Å²) < 4.78 is 0. The lowest BCUT2D eigenvalue weighted by atomic mass is 9.95. The van der Waals surface area contributed by atoms with Gasteiger partial charge in [0.25, 0.3) is 0 Å². The first kappa shape index (κ1) is 36.8. The number of primary amides is 2. The minimum atomic E-state index is -1.11. The van der Waals surface area contributed by atoms with Crippen LogP contribution >= 0.6 is 0 Å². The Balaban J connectivity index is 1.84. The number of phenolic OH excluding ortho intramolecular Hbond substituents is 1. The Hall–Kier alpha value is -4.69. The van der Waals surface area contributed by atoms with E-state index in [0.717, 1.165) is 27.8 Å². The number of fused-ring (bicyclic) bond motifs is 1. The number of benzene rings is 2. The van der Waals surface area contributed by atoms with Crippen LogP contribution in [-0.2, 0) is 38.6 Å². The van der Waals surface area contributed by atoms with Gasteiger partial charge in [-0.3, -0.25) is 19.2 Å². The van der Waals surface area contributed by atoms with Crippen LogP contribution in [-0.4, -0.2) is 76.9 Å². The average Bonchev–Trinajstić information content (AvgIpc) is 3.14. The molecule has 0 aromatic heterocycles. The van der Waals surface area contributed by atoms with Crippen molar-refractivity contribution >= 4 is 29.7 Å². The van der Waals surface area contributed by atoms with Gasteiger partial charge in [-0.05, 0) is 98.9 Å². The number of carbonyl (C=O) groups is 5. The predicted molar refractivity (Wildman–Crippen MR) is 177 cm³/mol. The van der Waals surface area contributed by atoms with Gasteiger partial charge in [-0.15, -0.1) is 0 Å². The van der Waals surface area contributed by atoms with Gasteiger partial charge in [0, 0.05) is 19.5 Å². The molecule has 0 aliphatic carbocycles. The molecule has 1 aliphatic heterocycles. The molecule has 47 heavy (non-hydrogen) atoms. The van der Waals surface area contributed by atoms with Gasteiger partial charge in [-0.2, -0.15) is 0 Å². The zero-order chi connectivity index (χ0) is 34.7. The lowest BCUT2D eigenvalue weighted by Crippen LogP contribution is -2.58. The van der Waals surface area contributed by atoms with E-state index in [9.17, 15) is 29.1 Å². The minimum Gasteiger partial charge on any atom is -0.508 e. The number of nitrogens with one attached hydrogen (secondary N) is 3. The number of rotatable bonds is 16. The first-order chi connectivity index (χ1) is 22.3. The number of phenols is 1. The number of urea groups is 1. The monoisotopic (exact) mass is 652 g/mol. The van der Waals surface area contributed by atoms with Crippen LogP contribution in [0.15, 0.2) is 36.4 Å². The number of hydrogen-bond acceptors (Lipinski definition) is 8. The Bertz CT molecular complexity index is 1430. The fourth-order valence-corrected chi connectivity index (χ4v) is 5.93. The highest BCUT2D eigenvalue weighted by atomic mass is 16.3. The van der Waals surface area contributed by atoms with Gasteiger partial charge >= 0.3 is 6.03 Å². The molecule has 2 aromatic carbocycles. The maximum absolute atomic E-state index is 14.0. The Morgan fingerprint density at radius 1 is 0.979 bits per heavy atom. The van der Waals surface area contributed by atoms with Crippen molar-refractivity contribution in [2.45, 2.75) is 89.5 Å². The molecule has 14 nitrogen and oxygen atoms in total. The normalized spacial score (nSPS) is 16.3. The second-order valence-corrected chi connectivity index (χ2v) is 12.1. The van der Waals surface area contributed by atoms with Gasteiger partial charge in [0.1, 0.15) is 23.9 Å². The molecular formula is C33H48N8O6. The standard InChI is InChI=1S/C33H48N8O6/c1-19-14-23(42)15-20(2)24(19)17-25(35)30(44)39-26(10-7-13-38-33(37)47)31(45)40-27-16-21-8-3-4-9-22(21)18-41(32(27)46)28(29(36)43)11-5-6-12-34/h3-4,8-9,14-15,25-28,42H,5-7,10-13,16-18,34-35H2,1-2H3,(H2,36,43)(H,39,44)(H,40,45)(H3,37,38,47)/t25-,26+,27-,28-/m0/s1. The van der Waals surface area contributed by atoms with Crippen molar-refractivity contribution in [2.75, 3.05) is 13.1 Å². The Morgan fingerprint density at radius 2 is 1.64 bits per heavy atom. The lowest BCUT2D eigenvalue weighted by Gasteiger charge is -2.32. The molecule has 1 heterocycles. The number of unbranched alkanes of at least 4 members (excludes halogenated alkanes) is 1. The first-order valence-corrected chi connectivity index (χ1v) is 15.9. The van der Waals surface area contributed by atoms with Gasteiger partial charge in [-0.25, -0.2) is 4.79 Å². The molecule has 0 spiro atoms. The van der Waals surface area contributed by atoms with Crippen molar-refractivity contribution in [1.29, 1.82) is 0 Å². The molecule has 12 N–H and O–H groups in total. The van der Waals surface area contributed by atoms with Crippen molar-refractivity contribution in [3.8, 4) is 5.75 Å². The predicted octanol–water partition coefficient (Wildman–Crippen LogP) is -0.135. The number of aromatic hydroxyl groups is 1. The second-order valence-electron chi connectivity index (χ2n) is 12.1. The summed E-state index contributed by atoms with van der Waals surface area (Å²) in [6.45, 7) is 4.34. The largest absolute Gasteiger partial charge is 0.508 e. The Labute approximate surface area is 275 Å². The number of aryl methyl sites for hydroxylation is 2. The van der Waals surface area contributed by atoms with Gasteiger partial charge < -0.3 is 48.9 Å². The van der Waals surface area contributed by atoms with Crippen molar-refractivity contribution in [3.63, 3.8) is 0 Å². The average molecular weight is 653 g/mol. The summed E-state index contributed by atoms with van der Waals surface area (Å²) in [6, 6.07) is 5.75. The maximum Gasteiger partial charge on any atom is 0.312 e. The van der Waals surface area contributed by atoms with E-state index in [1.165, 1.54) is 4.90 Å². The van der Waals surface area contributed by atoms with Crippen LogP contribution in [0.4, 0.5) is 4.79 Å². The van der Waals surface area contributed by atoms with Crippen molar-refractivity contribution in [1.82, 2.24) is 20.9 Å². The number of hydrogen-bond donors (Lipinski definition) is 8. The first-order valence-electron chi connectivity index (χ1n) is 15.9. The van der Waals surface area contributed by atoms with E-state index in [2.05, 4.69) is 16.0 Å². The van der Waals surface area contributed by atoms with Crippen LogP contribution in [0.3, 0.4) is 0 Å². The van der Waals surface area contributed by atoms with E-state index >= 15 is 0 Å². The van der Waals surface area contributed by atoms with Gasteiger partial charge in [0.15, 0.2) is 0 Å². The van der Waals surface area contributed by atoms with E-state index in [0.29, 0.717) is 25.8 Å². The summed E-state index contributed by atoms with van der Waals surface area (Å²) >= 11 is 0. The Morgan fingerprint density at radius 3 is 2.26 bits per heavy atom. The van der Waals surface area contributed by atoms with Crippen molar-refractivity contribution in [3.05, 3.63) is 64.2 Å². The lowest BCUT2D eigenvalue weighted by molar-refractivity contribution is -0.143. The topological polar surface area (TPSA) is 249 Å². The zero-order valence-corrected chi connectivity index (χ0v) is 27.1. The van der Waals surface area contributed by atoms with Crippen LogP contribution in [0.25, 0.3) is 0 Å². The molecule has 0 unspecified atom stereocenters. The molecule has 1 aliphatic rings. The third-order valence-electron chi connectivity index (χ3n) is 8.46. The highest BCUT2D eigenvalue weighted by Gasteiger charge is 2.37. The number of amides is 6. The molecule has 4 atom stereocenters. The second kappa shape index (κ2) is 17.3. The highest BCUT2D eigenvalue weighted by Crippen LogP contribution is 2.24. The van der Waals surface area contributed by atoms with E-state index in [-0.39, 0.29) is 44.5 Å². The van der Waals surface area contributed by atoms with Crippen LogP contribution in [0.1, 0.15) is 59.9 Å². The number of nitrogens with zero attached hydrogens (tertiary/aromatic N) is 1. The van der Waals surface area contributed by atoms with Crippen LogP contribution < -0.4 is 38.9 Å². The molecular weight excluding hydrogens is 604 g/mol. The molecule has 0 radical (unpaired) electrons. The summed E-state index contributed by atoms with van der Waals surface area (Å²) in [7, 11) is 0. The molecule has 0 saturated heterocycles. The third kappa shape index (κ3) is 10.4. The SMILES string of the molecule is Cc1cc(O)cc(C)c1C[C@H](N)C(=O)N[C@H](CCCNC(N)=O)C(=O)N[C@H]1Cc2ccccc2CN([C@@H](CCCCN)C(N)=O)C1=O. The fraction of sp³-hybridized carbons (Fsp3) is 0.485. The van der Waals surface area contributed by atoms with Gasteiger partial charge in [-0.1, -0.05) is 24.3 Å². The van der Waals surface area contributed by atoms with Gasteiger partial charge in [0.05, 0.1) is 6.04 Å². The summed E-state index contributed by atoms with van der Waals surface area (Å²) in [4.78, 5) is 66.3. The number of nitrogens with two attached hydrogens (primary N) is 4. The van der Waals surface area contributed by atoms with Crippen LogP contribution in [0.5, 0.6) is 5.75 Å². The Kier molecular flexibility index (Phi) is 13.5. The third-order valence-corrected chi connectivity index (χ3v) is 8.46. The molecule has 0 fully saturated rings. The smallest absolute Gasteiger partial charge is 0.312 e. The molecule has 256 valence electrons. The fourth-order valence-electron chi connectivity index (χ4n) is 5.93. The summed E-state index contributed by atoms with van der Waals surface area (Å²) in [5.74, 6) is -2.23. The zero-order valence-electron chi connectivity index (χ0n) is 27.1. The van der Waals surface area contributed by atoms with Crippen LogP contribution in [0.2, 0.25) is 0 Å². The van der Waals surface area contributed by atoms with Gasteiger partial charge in [0.2, 0.25) is 23.6 Å². The maximum atomic E-state index is 14.0. The highest BCUT2D eigenvalue weighted by molar-refractivity contribution is 5.95. The number of carbonyl (C=O) groups excluding carboxylic acids is 5. The minimum absolute atomic E-state index is 0.103. The molecule has 0 saturated carbocycles. The van der Waals surface area contributed by atoms with Crippen molar-refractivity contribution < 1.29 is 29.1 Å². The molecule has 0 bridgehead atoms. The summed E-state index contributed by atoms with van der Waals surface area (Å²) in [5.41, 5.74) is 26.9. The van der Waals surface area contributed by atoms with E-state index < -0.39 is 53.8 Å². The van der Waals surface area contributed by atoms with Crippen LogP contribution in [0, 0.1) is 13.8 Å². The molecule has 2 aromatic rings. The molecule has 14 heteroatoms. The molecule has 6 amide bonds. The summed E-state index contributed by atoms with van der Waals surface area (Å²) in [5, 5.41) is 17.9. The quantitative estimate of drug-likeness (QED) is 0.113. The van der Waals surface area contributed by atoms with E-state index in [1.807, 2.05) is 24.3 Å². The van der Waals surface area contributed by atoms with Crippen molar-refractivity contribution in [2.24, 2.45) is 22.9 Å². The summed E-state index contributed by atoms with van der Waals surface area (Å²) in [6.07, 6.45) is 2.27. The van der Waals surface area contributed by atoms with E-state index in [4.69, 9.17) is 22.9 Å². The van der Waals surface area contributed by atoms with E-state index in [1.54, 1.807) is 26.0 Å². The molecule has 3 rings (SSSR count).